The van der Waals surface area contributed by atoms with Gasteiger partial charge in [-0.25, -0.2) is 4.79 Å². The van der Waals surface area contributed by atoms with Crippen LogP contribution in [0.4, 0.5) is 4.79 Å². The molecule has 23 heavy (non-hydrogen) atoms. The van der Waals surface area contributed by atoms with Gasteiger partial charge in [-0.05, 0) is 46.8 Å². The quantitative estimate of drug-likeness (QED) is 0.778. The second kappa shape index (κ2) is 5.27. The highest BCUT2D eigenvalue weighted by Crippen LogP contribution is 2.39. The lowest BCUT2D eigenvalue weighted by Gasteiger charge is -2.34. The molecule has 1 atom stereocenters. The maximum Gasteiger partial charge on any atom is 0.413 e. The lowest BCUT2D eigenvalue weighted by molar-refractivity contribution is -0.0632. The van der Waals surface area contributed by atoms with Crippen LogP contribution in [0.1, 0.15) is 46.4 Å². The first-order chi connectivity index (χ1) is 10.7. The van der Waals surface area contributed by atoms with Crippen LogP contribution in [0.15, 0.2) is 34.7 Å². The fraction of sp³-hybridized carbons (Fsp3) is 0.500. The van der Waals surface area contributed by atoms with Crippen LogP contribution in [-0.2, 0) is 9.47 Å². The number of amides is 1. The number of furan rings is 1. The molecule has 0 spiro atoms. The normalized spacial score (nSPS) is 20.9. The average Bonchev–Trinajstić information content (AvgIpc) is 2.96. The molecule has 0 radical (unpaired) electrons. The summed E-state index contributed by atoms with van der Waals surface area (Å²) in [5.41, 5.74) is -0.503. The highest BCUT2D eigenvalue weighted by molar-refractivity contribution is 5.78. The molecule has 1 aliphatic rings. The van der Waals surface area contributed by atoms with Gasteiger partial charge in [0.2, 0.25) is 0 Å². The highest BCUT2D eigenvalue weighted by Gasteiger charge is 2.47. The molecule has 0 N–H and O–H groups in total. The van der Waals surface area contributed by atoms with Crippen molar-refractivity contribution >= 4 is 17.1 Å². The van der Waals surface area contributed by atoms with Crippen LogP contribution >= 0.6 is 0 Å². The van der Waals surface area contributed by atoms with Crippen LogP contribution < -0.4 is 0 Å². The van der Waals surface area contributed by atoms with Gasteiger partial charge in [0.15, 0.2) is 0 Å². The zero-order valence-electron chi connectivity index (χ0n) is 14.3. The maximum atomic E-state index is 12.7. The van der Waals surface area contributed by atoms with Crippen molar-refractivity contribution in [2.24, 2.45) is 0 Å². The number of fused-ring (bicyclic) bond motifs is 1. The lowest BCUT2D eigenvalue weighted by atomic mass is 10.1. The second-order valence-electron chi connectivity index (χ2n) is 7.31. The van der Waals surface area contributed by atoms with Crippen LogP contribution in [-0.4, -0.2) is 28.9 Å². The average molecular weight is 317 g/mol. The third kappa shape index (κ3) is 3.06. The fourth-order valence-corrected chi connectivity index (χ4v) is 2.84. The molecule has 1 aromatic carbocycles. The van der Waals surface area contributed by atoms with Crippen molar-refractivity contribution in [1.82, 2.24) is 4.90 Å². The van der Waals surface area contributed by atoms with Gasteiger partial charge in [0.05, 0.1) is 6.61 Å². The molecule has 1 saturated heterocycles. The Morgan fingerprint density at radius 3 is 2.65 bits per heavy atom. The molecule has 1 aliphatic heterocycles. The Kier molecular flexibility index (Phi) is 3.64. The SMILES string of the molecule is CC(C)(C)OC(=O)N1[C@H](c2cc3ccccc3o2)COC1(C)C. The number of carbonyl (C=O) groups excluding carboxylic acids is 1. The van der Waals surface area contributed by atoms with E-state index in [0.717, 1.165) is 11.0 Å². The maximum absolute atomic E-state index is 12.7. The Bertz CT molecular complexity index is 693. The number of rotatable bonds is 1. The van der Waals surface area contributed by atoms with Gasteiger partial charge in [0, 0.05) is 5.39 Å². The van der Waals surface area contributed by atoms with Crippen molar-refractivity contribution in [3.8, 4) is 0 Å². The van der Waals surface area contributed by atoms with Crippen molar-refractivity contribution < 1.29 is 18.7 Å². The lowest BCUT2D eigenvalue weighted by Crippen LogP contribution is -2.47. The third-order valence-corrected chi connectivity index (χ3v) is 3.85. The van der Waals surface area contributed by atoms with E-state index in [2.05, 4.69) is 0 Å². The third-order valence-electron chi connectivity index (χ3n) is 3.85. The van der Waals surface area contributed by atoms with Gasteiger partial charge in [0.25, 0.3) is 0 Å². The molecule has 5 heteroatoms. The monoisotopic (exact) mass is 317 g/mol. The van der Waals surface area contributed by atoms with E-state index in [9.17, 15) is 4.79 Å². The van der Waals surface area contributed by atoms with Crippen molar-refractivity contribution in [3.05, 3.63) is 36.1 Å². The Balaban J connectivity index is 1.95. The molecule has 0 saturated carbocycles. The molecule has 1 aromatic heterocycles. The summed E-state index contributed by atoms with van der Waals surface area (Å²) in [6.45, 7) is 9.66. The van der Waals surface area contributed by atoms with Crippen molar-refractivity contribution in [1.29, 1.82) is 0 Å². The van der Waals surface area contributed by atoms with Gasteiger partial charge in [-0.15, -0.1) is 0 Å². The van der Waals surface area contributed by atoms with E-state index in [0.29, 0.717) is 12.4 Å². The fourth-order valence-electron chi connectivity index (χ4n) is 2.84. The van der Waals surface area contributed by atoms with E-state index in [1.807, 2.05) is 65.0 Å². The van der Waals surface area contributed by atoms with Crippen molar-refractivity contribution in [2.75, 3.05) is 6.61 Å². The van der Waals surface area contributed by atoms with E-state index in [-0.39, 0.29) is 6.04 Å². The Morgan fingerprint density at radius 2 is 2.00 bits per heavy atom. The summed E-state index contributed by atoms with van der Waals surface area (Å²) < 4.78 is 17.3. The number of ether oxygens (including phenoxy) is 2. The minimum Gasteiger partial charge on any atom is -0.459 e. The summed E-state index contributed by atoms with van der Waals surface area (Å²) in [4.78, 5) is 14.3. The van der Waals surface area contributed by atoms with Gasteiger partial charge < -0.3 is 13.9 Å². The molecule has 5 nitrogen and oxygen atoms in total. The molecule has 3 rings (SSSR count). The molecule has 0 unspecified atom stereocenters. The van der Waals surface area contributed by atoms with E-state index in [4.69, 9.17) is 13.9 Å². The van der Waals surface area contributed by atoms with Gasteiger partial charge in [0.1, 0.15) is 28.7 Å². The minimum absolute atomic E-state index is 0.299. The molecule has 0 aliphatic carbocycles. The smallest absolute Gasteiger partial charge is 0.413 e. The number of hydrogen-bond acceptors (Lipinski definition) is 4. The number of para-hydroxylation sites is 1. The van der Waals surface area contributed by atoms with Crippen LogP contribution in [0, 0.1) is 0 Å². The van der Waals surface area contributed by atoms with Gasteiger partial charge in [-0.1, -0.05) is 18.2 Å². The predicted molar refractivity (Wildman–Crippen MR) is 87.1 cm³/mol. The molecule has 1 fully saturated rings. The largest absolute Gasteiger partial charge is 0.459 e. The zero-order chi connectivity index (χ0) is 16.8. The number of carbonyl (C=O) groups is 1. The Morgan fingerprint density at radius 1 is 1.30 bits per heavy atom. The van der Waals surface area contributed by atoms with Crippen molar-refractivity contribution in [3.63, 3.8) is 0 Å². The van der Waals surface area contributed by atoms with Gasteiger partial charge in [-0.2, -0.15) is 0 Å². The number of benzene rings is 1. The molecule has 2 heterocycles. The zero-order valence-corrected chi connectivity index (χ0v) is 14.3. The van der Waals surface area contributed by atoms with Crippen LogP contribution in [0.2, 0.25) is 0 Å². The van der Waals surface area contributed by atoms with Gasteiger partial charge >= 0.3 is 6.09 Å². The summed E-state index contributed by atoms with van der Waals surface area (Å²) in [6, 6.07) is 9.45. The standard InChI is InChI=1S/C18H23NO4/c1-17(2,3)23-16(20)19-13(11-21-18(19,4)5)15-10-12-8-6-7-9-14(12)22-15/h6-10,13H,11H2,1-5H3/t13-/m0/s1. The predicted octanol–water partition coefficient (Wildman–Crippen LogP) is 4.48. The van der Waals surface area contributed by atoms with E-state index in [1.54, 1.807) is 4.90 Å². The van der Waals surface area contributed by atoms with Gasteiger partial charge in [-0.3, -0.25) is 4.90 Å². The molecule has 124 valence electrons. The van der Waals surface area contributed by atoms with Crippen LogP contribution in [0.5, 0.6) is 0 Å². The Hall–Kier alpha value is -2.01. The molecular formula is C18H23NO4. The summed E-state index contributed by atoms with van der Waals surface area (Å²) >= 11 is 0. The number of nitrogens with zero attached hydrogens (tertiary/aromatic N) is 1. The van der Waals surface area contributed by atoms with E-state index < -0.39 is 17.4 Å². The first-order valence-corrected chi connectivity index (χ1v) is 7.82. The summed E-state index contributed by atoms with van der Waals surface area (Å²) in [5.74, 6) is 0.711. The topological polar surface area (TPSA) is 51.9 Å². The summed E-state index contributed by atoms with van der Waals surface area (Å²) in [5, 5.41) is 1.01. The molecule has 0 bridgehead atoms. The van der Waals surface area contributed by atoms with Crippen LogP contribution in [0.25, 0.3) is 11.0 Å². The van der Waals surface area contributed by atoms with Crippen LogP contribution in [0.3, 0.4) is 0 Å². The number of hydrogen-bond donors (Lipinski definition) is 0. The first-order valence-electron chi connectivity index (χ1n) is 7.82. The summed E-state index contributed by atoms with van der Waals surface area (Å²) in [7, 11) is 0. The first kappa shape index (κ1) is 15.9. The molecule has 2 aromatic rings. The Labute approximate surface area is 136 Å². The highest BCUT2D eigenvalue weighted by atomic mass is 16.6. The molecular weight excluding hydrogens is 294 g/mol. The van der Waals surface area contributed by atoms with Crippen molar-refractivity contribution in [2.45, 2.75) is 52.0 Å². The minimum atomic E-state index is -0.744. The van der Waals surface area contributed by atoms with E-state index in [1.165, 1.54) is 0 Å². The van der Waals surface area contributed by atoms with E-state index >= 15 is 0 Å². The second-order valence-corrected chi connectivity index (χ2v) is 7.31. The molecule has 1 amide bonds. The summed E-state index contributed by atoms with van der Waals surface area (Å²) in [6.07, 6.45) is -0.398.